The maximum Gasteiger partial charge on any atom is 0.417 e. The lowest BCUT2D eigenvalue weighted by atomic mass is 9.84. The monoisotopic (exact) mass is 590 g/mol. The molecular formula is C34H36F6S. The van der Waals surface area contributed by atoms with Crippen molar-refractivity contribution in [1.29, 1.82) is 0 Å². The summed E-state index contributed by atoms with van der Waals surface area (Å²) in [4.78, 5) is 0.393. The fourth-order valence-corrected chi connectivity index (χ4v) is 5.67. The molecule has 0 unspecified atom stereocenters. The number of hydrogen-bond donors (Lipinski definition) is 0. The Hall–Kier alpha value is -2.51. The van der Waals surface area contributed by atoms with Crippen LogP contribution in [0.5, 0.6) is 0 Å². The van der Waals surface area contributed by atoms with E-state index < -0.39 is 34.3 Å². The fourth-order valence-electron chi connectivity index (χ4n) is 4.54. The third kappa shape index (κ3) is 7.47. The van der Waals surface area contributed by atoms with E-state index in [0.29, 0.717) is 11.1 Å². The number of halogens is 6. The highest BCUT2D eigenvalue weighted by atomic mass is 32.2. The third-order valence-electron chi connectivity index (χ3n) is 7.78. The Morgan fingerprint density at radius 1 is 0.585 bits per heavy atom. The summed E-state index contributed by atoms with van der Waals surface area (Å²) in [5.41, 5.74) is -2.48. The van der Waals surface area contributed by atoms with Gasteiger partial charge in [-0.05, 0) is 71.9 Å². The number of benzene rings is 2. The fraction of sp³-hybridized carbons (Fsp3) is 0.529. The van der Waals surface area contributed by atoms with Gasteiger partial charge >= 0.3 is 12.4 Å². The van der Waals surface area contributed by atoms with E-state index in [4.69, 9.17) is 0 Å². The average Bonchev–Trinajstić information content (AvgIpc) is 2.75. The summed E-state index contributed by atoms with van der Waals surface area (Å²) in [5.74, 6) is 11.7. The topological polar surface area (TPSA) is 0 Å². The quantitative estimate of drug-likeness (QED) is 0.248. The molecule has 0 amide bonds. The summed E-state index contributed by atoms with van der Waals surface area (Å²) in [7, 11) is 0. The molecule has 0 saturated heterocycles. The van der Waals surface area contributed by atoms with Gasteiger partial charge < -0.3 is 0 Å². The highest BCUT2D eigenvalue weighted by molar-refractivity contribution is 7.99. The predicted octanol–water partition coefficient (Wildman–Crippen LogP) is 10.8. The van der Waals surface area contributed by atoms with Crippen LogP contribution in [-0.2, 0) is 23.2 Å². The van der Waals surface area contributed by atoms with E-state index in [9.17, 15) is 26.3 Å². The number of hydrogen-bond acceptors (Lipinski definition) is 1. The summed E-state index contributed by atoms with van der Waals surface area (Å²) in [6.07, 6.45) is -4.06. The molecule has 41 heavy (non-hydrogen) atoms. The molecule has 2 fully saturated rings. The average molecular weight is 591 g/mol. The van der Waals surface area contributed by atoms with Gasteiger partial charge in [0.2, 0.25) is 0 Å². The van der Waals surface area contributed by atoms with E-state index >= 15 is 0 Å². The van der Waals surface area contributed by atoms with Crippen LogP contribution in [0.25, 0.3) is 0 Å². The first kappa shape index (κ1) is 31.4. The zero-order valence-corrected chi connectivity index (χ0v) is 25.2. The molecule has 0 nitrogen and oxygen atoms in total. The summed E-state index contributed by atoms with van der Waals surface area (Å²) in [6, 6.07) is 5.59. The first-order valence-electron chi connectivity index (χ1n) is 14.1. The molecule has 0 N–H and O–H groups in total. The van der Waals surface area contributed by atoms with Crippen molar-refractivity contribution in [2.75, 3.05) is 0 Å². The van der Waals surface area contributed by atoms with E-state index in [1.807, 2.05) is 41.5 Å². The van der Waals surface area contributed by atoms with Crippen LogP contribution < -0.4 is 0 Å². The second kappa shape index (κ2) is 11.3. The van der Waals surface area contributed by atoms with Crippen LogP contribution in [0.4, 0.5) is 26.3 Å². The molecule has 2 aromatic rings. The Morgan fingerprint density at radius 3 is 1.17 bits per heavy atom. The van der Waals surface area contributed by atoms with E-state index in [1.54, 1.807) is 12.1 Å². The van der Waals surface area contributed by atoms with E-state index in [-0.39, 0.29) is 32.8 Å². The Kier molecular flexibility index (Phi) is 8.65. The van der Waals surface area contributed by atoms with Crippen LogP contribution in [0.1, 0.15) is 113 Å². The summed E-state index contributed by atoms with van der Waals surface area (Å²) >= 11 is 0.912. The first-order valence-corrected chi connectivity index (χ1v) is 14.9. The van der Waals surface area contributed by atoms with Gasteiger partial charge in [0.25, 0.3) is 0 Å². The van der Waals surface area contributed by atoms with Gasteiger partial charge in [-0.25, -0.2) is 0 Å². The van der Waals surface area contributed by atoms with Gasteiger partial charge in [0.1, 0.15) is 0 Å². The minimum Gasteiger partial charge on any atom is -0.166 e. The van der Waals surface area contributed by atoms with Crippen molar-refractivity contribution in [3.05, 3.63) is 57.6 Å². The molecule has 0 radical (unpaired) electrons. The first-order chi connectivity index (χ1) is 18.8. The molecular weight excluding hydrogens is 554 g/mol. The van der Waals surface area contributed by atoms with Gasteiger partial charge in [-0.1, -0.05) is 89.8 Å². The molecule has 0 atom stereocenters. The Bertz CT molecular complexity index is 1310. The zero-order valence-electron chi connectivity index (χ0n) is 24.4. The van der Waals surface area contributed by atoms with E-state index in [1.165, 1.54) is 0 Å². The zero-order chi connectivity index (χ0) is 30.4. The van der Waals surface area contributed by atoms with Crippen LogP contribution in [-0.4, -0.2) is 0 Å². The third-order valence-corrected chi connectivity index (χ3v) is 8.86. The van der Waals surface area contributed by atoms with Crippen LogP contribution in [0, 0.1) is 35.5 Å². The maximum atomic E-state index is 14.5. The summed E-state index contributed by atoms with van der Waals surface area (Å²) < 4.78 is 86.9. The molecule has 220 valence electrons. The Labute approximate surface area is 244 Å². The number of alkyl halides is 6. The molecule has 7 heteroatoms. The molecule has 0 aliphatic heterocycles. The van der Waals surface area contributed by atoms with Gasteiger partial charge in [-0.2, -0.15) is 26.3 Å². The minimum atomic E-state index is -4.68. The van der Waals surface area contributed by atoms with Crippen molar-refractivity contribution in [2.45, 2.75) is 113 Å². The Morgan fingerprint density at radius 2 is 0.927 bits per heavy atom. The van der Waals surface area contributed by atoms with E-state index in [2.05, 4.69) is 23.7 Å². The van der Waals surface area contributed by atoms with Gasteiger partial charge in [0, 0.05) is 21.6 Å². The summed E-state index contributed by atoms with van der Waals surface area (Å²) in [5, 5.41) is 0. The lowest BCUT2D eigenvalue weighted by Crippen LogP contribution is -2.17. The largest absolute Gasteiger partial charge is 0.417 e. The summed E-state index contributed by atoms with van der Waals surface area (Å²) in [6.45, 7) is 10.9. The lowest BCUT2D eigenvalue weighted by molar-refractivity contribution is -0.138. The molecule has 0 aromatic heterocycles. The van der Waals surface area contributed by atoms with Crippen LogP contribution in [0.3, 0.4) is 0 Å². The molecule has 2 saturated carbocycles. The van der Waals surface area contributed by atoms with Crippen molar-refractivity contribution < 1.29 is 26.3 Å². The maximum absolute atomic E-state index is 14.5. The van der Waals surface area contributed by atoms with Crippen LogP contribution in [0.2, 0.25) is 0 Å². The SMILES string of the molecule is CC(C)(C)c1cc(Sc2cc(C(C)(C)C)cc(C(F)(F)F)c2C#CC2CCC2)c(C#CC2CCC2)c(C(F)(F)F)c1. The van der Waals surface area contributed by atoms with Crippen molar-refractivity contribution >= 4 is 11.8 Å². The lowest BCUT2D eigenvalue weighted by Gasteiger charge is -2.26. The normalized spacial score (nSPS) is 16.7. The van der Waals surface area contributed by atoms with Gasteiger partial charge in [-0.3, -0.25) is 0 Å². The van der Waals surface area contributed by atoms with Crippen LogP contribution in [0.15, 0.2) is 34.1 Å². The molecule has 4 rings (SSSR count). The van der Waals surface area contributed by atoms with Crippen molar-refractivity contribution in [2.24, 2.45) is 11.8 Å². The van der Waals surface area contributed by atoms with Gasteiger partial charge in [0.05, 0.1) is 22.3 Å². The van der Waals surface area contributed by atoms with Crippen molar-refractivity contribution in [3.63, 3.8) is 0 Å². The highest BCUT2D eigenvalue weighted by Gasteiger charge is 2.38. The van der Waals surface area contributed by atoms with Crippen LogP contribution >= 0.6 is 11.8 Å². The minimum absolute atomic E-state index is 0.0289. The molecule has 0 heterocycles. The highest BCUT2D eigenvalue weighted by Crippen LogP contribution is 2.46. The van der Waals surface area contributed by atoms with Gasteiger partial charge in [-0.15, -0.1) is 0 Å². The molecule has 2 aliphatic rings. The molecule has 0 bridgehead atoms. The standard InChI is InChI=1S/C34H36F6S/c1-31(2,3)23-17-27(33(35,36)37)25(15-13-21-9-7-10-21)29(19-23)41-30-20-24(32(4,5)6)18-28(34(38,39)40)26(30)16-14-22-11-8-12-22/h17-22H,7-12H2,1-6H3. The van der Waals surface area contributed by atoms with Gasteiger partial charge in [0.15, 0.2) is 0 Å². The molecule has 2 aliphatic carbocycles. The smallest absolute Gasteiger partial charge is 0.166 e. The number of rotatable bonds is 2. The predicted molar refractivity (Wildman–Crippen MR) is 153 cm³/mol. The van der Waals surface area contributed by atoms with Crippen molar-refractivity contribution in [1.82, 2.24) is 0 Å². The molecule has 0 spiro atoms. The van der Waals surface area contributed by atoms with E-state index in [0.717, 1.165) is 62.4 Å². The van der Waals surface area contributed by atoms with Crippen molar-refractivity contribution in [3.8, 4) is 23.7 Å². The Balaban J connectivity index is 2.01. The second-order valence-electron chi connectivity index (χ2n) is 13.2. The molecule has 2 aromatic carbocycles. The second-order valence-corrected chi connectivity index (χ2v) is 14.3.